The fraction of sp³-hybridized carbons (Fsp3) is 0.133. The zero-order valence-corrected chi connectivity index (χ0v) is 14.5. The number of benzene rings is 1. The van der Waals surface area contributed by atoms with Crippen LogP contribution in [-0.2, 0) is 11.3 Å². The second kappa shape index (κ2) is 7.30. The van der Waals surface area contributed by atoms with E-state index in [-0.39, 0.29) is 17.0 Å². The van der Waals surface area contributed by atoms with Crippen molar-refractivity contribution in [2.75, 3.05) is 5.32 Å². The molecule has 3 aromatic rings. The first-order chi connectivity index (χ1) is 12.3. The molecule has 26 heavy (non-hydrogen) atoms. The Labute approximate surface area is 154 Å². The number of carbonyl (C=O) groups excluding carboxylic acids is 1. The van der Waals surface area contributed by atoms with E-state index in [1.807, 2.05) is 17.5 Å². The maximum atomic E-state index is 12.3. The quantitative estimate of drug-likeness (QED) is 0.630. The molecule has 11 heteroatoms. The molecule has 1 amide bonds. The smallest absolute Gasteiger partial charge is 0.406 e. The zero-order valence-electron chi connectivity index (χ0n) is 12.9. The highest BCUT2D eigenvalue weighted by molar-refractivity contribution is 7.71. The van der Waals surface area contributed by atoms with Crippen LogP contribution in [-0.4, -0.2) is 27.0 Å². The highest BCUT2D eigenvalue weighted by Crippen LogP contribution is 2.25. The van der Waals surface area contributed by atoms with E-state index in [1.54, 1.807) is 0 Å². The molecule has 0 unspecified atom stereocenters. The lowest BCUT2D eigenvalue weighted by Crippen LogP contribution is -2.20. The van der Waals surface area contributed by atoms with Crippen molar-refractivity contribution in [3.63, 3.8) is 0 Å². The molecule has 0 aliphatic heterocycles. The molecular formula is C15H11F3N4O2S2. The van der Waals surface area contributed by atoms with Gasteiger partial charge in [-0.2, -0.15) is 5.10 Å². The van der Waals surface area contributed by atoms with E-state index >= 15 is 0 Å². The summed E-state index contributed by atoms with van der Waals surface area (Å²) >= 11 is 6.57. The van der Waals surface area contributed by atoms with Gasteiger partial charge in [0.2, 0.25) is 5.91 Å². The molecule has 2 heterocycles. The van der Waals surface area contributed by atoms with Crippen LogP contribution in [0.1, 0.15) is 0 Å². The molecule has 0 saturated heterocycles. The van der Waals surface area contributed by atoms with Crippen LogP contribution < -0.4 is 10.1 Å². The molecule has 3 rings (SSSR count). The van der Waals surface area contributed by atoms with E-state index in [2.05, 4.69) is 20.3 Å². The minimum absolute atomic E-state index is 0.146. The third-order valence-corrected chi connectivity index (χ3v) is 4.33. The van der Waals surface area contributed by atoms with Crippen LogP contribution >= 0.6 is 23.6 Å². The minimum atomic E-state index is -4.80. The number of hydrogen-bond acceptors (Lipinski definition) is 5. The summed E-state index contributed by atoms with van der Waals surface area (Å²) in [6, 6.07) is 8.70. The Morgan fingerprint density at radius 2 is 2.15 bits per heavy atom. The number of carbonyl (C=O) groups is 1. The highest BCUT2D eigenvalue weighted by Gasteiger charge is 2.31. The van der Waals surface area contributed by atoms with Crippen molar-refractivity contribution >= 4 is 35.1 Å². The number of H-pyrrole nitrogens is 1. The Bertz CT molecular complexity index is 964. The number of thiophene rings is 1. The van der Waals surface area contributed by atoms with E-state index < -0.39 is 18.0 Å². The maximum Gasteiger partial charge on any atom is 0.573 e. The number of nitrogens with one attached hydrogen (secondary N) is 2. The summed E-state index contributed by atoms with van der Waals surface area (Å²) in [6.07, 6.45) is -4.80. The Morgan fingerprint density at radius 1 is 1.35 bits per heavy atom. The molecule has 6 nitrogen and oxygen atoms in total. The first-order valence-electron chi connectivity index (χ1n) is 7.16. The molecule has 0 saturated carbocycles. The summed E-state index contributed by atoms with van der Waals surface area (Å²) in [6.45, 7) is -0.146. The van der Waals surface area contributed by atoms with E-state index in [1.165, 1.54) is 28.0 Å². The molecule has 0 aliphatic carbocycles. The number of aromatic nitrogens is 3. The first-order valence-corrected chi connectivity index (χ1v) is 8.45. The largest absolute Gasteiger partial charge is 0.573 e. The fourth-order valence-corrected chi connectivity index (χ4v) is 3.09. The lowest BCUT2D eigenvalue weighted by molar-refractivity contribution is -0.274. The van der Waals surface area contributed by atoms with Crippen LogP contribution in [0, 0.1) is 4.77 Å². The molecule has 0 spiro atoms. The van der Waals surface area contributed by atoms with Gasteiger partial charge >= 0.3 is 6.36 Å². The molecule has 0 aliphatic rings. The molecular weight excluding hydrogens is 389 g/mol. The molecule has 136 valence electrons. The summed E-state index contributed by atoms with van der Waals surface area (Å²) in [5, 5.41) is 11.1. The standard InChI is InChI=1S/C15H11F3N4O2S2/c16-15(17,18)24-10-4-1-3-9(7-10)19-12(23)8-22-13(20-21-14(22)25)11-5-2-6-26-11/h1-7H,8H2,(H,19,23)(H,21,25). The summed E-state index contributed by atoms with van der Waals surface area (Å²) in [5.41, 5.74) is 0.171. The van der Waals surface area contributed by atoms with Crippen molar-refractivity contribution in [3.05, 3.63) is 46.5 Å². The predicted molar refractivity (Wildman–Crippen MR) is 92.5 cm³/mol. The second-order valence-electron chi connectivity index (χ2n) is 5.04. The van der Waals surface area contributed by atoms with Crippen molar-refractivity contribution < 1.29 is 22.7 Å². The summed E-state index contributed by atoms with van der Waals surface area (Å²) in [4.78, 5) is 13.1. The average molecular weight is 400 g/mol. The van der Waals surface area contributed by atoms with Crippen LogP contribution in [0.3, 0.4) is 0 Å². The third-order valence-electron chi connectivity index (χ3n) is 3.15. The van der Waals surface area contributed by atoms with Gasteiger partial charge in [-0.3, -0.25) is 14.5 Å². The topological polar surface area (TPSA) is 71.9 Å². The molecule has 2 aromatic heterocycles. The number of amides is 1. The second-order valence-corrected chi connectivity index (χ2v) is 6.37. The summed E-state index contributed by atoms with van der Waals surface area (Å²) in [7, 11) is 0. The van der Waals surface area contributed by atoms with Gasteiger partial charge in [0.15, 0.2) is 10.6 Å². The van der Waals surface area contributed by atoms with E-state index in [0.717, 1.165) is 17.0 Å². The van der Waals surface area contributed by atoms with Crippen LogP contribution in [0.25, 0.3) is 10.7 Å². The number of hydrogen-bond donors (Lipinski definition) is 2. The normalized spacial score (nSPS) is 11.3. The van der Waals surface area contributed by atoms with Crippen molar-refractivity contribution in [2.24, 2.45) is 0 Å². The maximum absolute atomic E-state index is 12.3. The summed E-state index contributed by atoms with van der Waals surface area (Å²) in [5.74, 6) is -0.381. The molecule has 1 aromatic carbocycles. The fourth-order valence-electron chi connectivity index (χ4n) is 2.17. The molecule has 0 fully saturated rings. The van der Waals surface area contributed by atoms with Crippen molar-refractivity contribution in [3.8, 4) is 16.5 Å². The van der Waals surface area contributed by atoms with Crippen LogP contribution in [0.2, 0.25) is 0 Å². The molecule has 0 atom stereocenters. The SMILES string of the molecule is O=C(Cn1c(-c2cccs2)n[nH]c1=S)Nc1cccc(OC(F)(F)F)c1. The number of ether oxygens (including phenoxy) is 1. The zero-order chi connectivity index (χ0) is 18.7. The van der Waals surface area contributed by atoms with Crippen LogP contribution in [0.15, 0.2) is 41.8 Å². The minimum Gasteiger partial charge on any atom is -0.406 e. The van der Waals surface area contributed by atoms with Crippen molar-refractivity contribution in [1.29, 1.82) is 0 Å². The predicted octanol–water partition coefficient (Wildman–Crippen LogP) is 4.21. The average Bonchev–Trinajstić information content (AvgIpc) is 3.17. The van der Waals surface area contributed by atoms with Gasteiger partial charge < -0.3 is 10.1 Å². The van der Waals surface area contributed by atoms with Crippen LogP contribution in [0.5, 0.6) is 5.75 Å². The summed E-state index contributed by atoms with van der Waals surface area (Å²) < 4.78 is 42.4. The number of alkyl halides is 3. The number of anilines is 1. The van der Waals surface area contributed by atoms with Gasteiger partial charge in [0, 0.05) is 11.8 Å². The Hall–Kier alpha value is -2.66. The monoisotopic (exact) mass is 400 g/mol. The molecule has 0 bridgehead atoms. The van der Waals surface area contributed by atoms with Crippen molar-refractivity contribution in [1.82, 2.24) is 14.8 Å². The number of nitrogens with zero attached hydrogens (tertiary/aromatic N) is 2. The van der Waals surface area contributed by atoms with E-state index in [0.29, 0.717) is 5.82 Å². The first kappa shape index (κ1) is 18.1. The third kappa shape index (κ3) is 4.49. The van der Waals surface area contributed by atoms with Gasteiger partial charge in [0.05, 0.1) is 4.88 Å². The van der Waals surface area contributed by atoms with Crippen molar-refractivity contribution in [2.45, 2.75) is 12.9 Å². The Kier molecular flexibility index (Phi) is 5.09. The van der Waals surface area contributed by atoms with Crippen LogP contribution in [0.4, 0.5) is 18.9 Å². The number of halogens is 3. The number of rotatable bonds is 5. The Balaban J connectivity index is 1.74. The highest BCUT2D eigenvalue weighted by atomic mass is 32.1. The Morgan fingerprint density at radius 3 is 2.85 bits per heavy atom. The van der Waals surface area contributed by atoms with Gasteiger partial charge in [0.25, 0.3) is 0 Å². The molecule has 0 radical (unpaired) electrons. The van der Waals surface area contributed by atoms with E-state index in [4.69, 9.17) is 12.2 Å². The van der Waals surface area contributed by atoms with Gasteiger partial charge in [-0.15, -0.1) is 24.5 Å². The lowest BCUT2D eigenvalue weighted by Gasteiger charge is -2.11. The number of aromatic amines is 1. The lowest BCUT2D eigenvalue weighted by atomic mass is 10.3. The van der Waals surface area contributed by atoms with Gasteiger partial charge in [-0.25, -0.2) is 0 Å². The van der Waals surface area contributed by atoms with Gasteiger partial charge in [-0.05, 0) is 35.8 Å². The molecule has 2 N–H and O–H groups in total. The van der Waals surface area contributed by atoms with E-state index in [9.17, 15) is 18.0 Å². The van der Waals surface area contributed by atoms with Gasteiger partial charge in [0.1, 0.15) is 12.3 Å². The van der Waals surface area contributed by atoms with Gasteiger partial charge in [-0.1, -0.05) is 12.1 Å².